The topological polar surface area (TPSA) is 106 Å². The Hall–Kier alpha value is -1.26. The van der Waals surface area contributed by atoms with Gasteiger partial charge in [-0.25, -0.2) is 4.98 Å². The molecule has 0 saturated heterocycles. The van der Waals surface area contributed by atoms with E-state index in [1.165, 1.54) is 11.8 Å². The van der Waals surface area contributed by atoms with Crippen molar-refractivity contribution in [1.29, 1.82) is 0 Å². The van der Waals surface area contributed by atoms with E-state index >= 15 is 0 Å². The van der Waals surface area contributed by atoms with E-state index < -0.39 is 4.92 Å². The highest BCUT2D eigenvalue weighted by Gasteiger charge is 2.13. The van der Waals surface area contributed by atoms with Crippen molar-refractivity contribution < 1.29 is 4.92 Å². The Bertz CT molecular complexity index is 443. The molecule has 0 fully saturated rings. The molecule has 1 aromatic heterocycles. The van der Waals surface area contributed by atoms with Crippen LogP contribution in [0.15, 0.2) is 11.3 Å². The van der Waals surface area contributed by atoms with Gasteiger partial charge >= 0.3 is 5.00 Å². The SMILES string of the molecule is CSC(=S)NN=C(N)c1ncc([N+](=O)[O-])s1. The van der Waals surface area contributed by atoms with Crippen LogP contribution in [0.4, 0.5) is 5.00 Å². The van der Waals surface area contributed by atoms with Crippen LogP contribution in [0.1, 0.15) is 5.01 Å². The maximum absolute atomic E-state index is 10.4. The normalized spacial score (nSPS) is 11.2. The summed E-state index contributed by atoms with van der Waals surface area (Å²) in [6, 6.07) is 0. The molecule has 0 aliphatic carbocycles. The van der Waals surface area contributed by atoms with Crippen molar-refractivity contribution in [2.45, 2.75) is 0 Å². The first-order valence-corrected chi connectivity index (χ1v) is 6.27. The quantitative estimate of drug-likeness (QED) is 0.278. The number of nitro groups is 1. The van der Waals surface area contributed by atoms with Crippen molar-refractivity contribution in [2.75, 3.05) is 6.26 Å². The number of aromatic nitrogens is 1. The molecule has 0 saturated carbocycles. The first-order valence-electron chi connectivity index (χ1n) is 3.82. The van der Waals surface area contributed by atoms with Gasteiger partial charge in [-0.05, 0) is 17.6 Å². The molecular formula is C6H7N5O2S3. The van der Waals surface area contributed by atoms with E-state index in [2.05, 4.69) is 15.5 Å². The Morgan fingerprint density at radius 2 is 2.56 bits per heavy atom. The van der Waals surface area contributed by atoms with Crippen LogP contribution in [0.5, 0.6) is 0 Å². The smallest absolute Gasteiger partial charge is 0.344 e. The average Bonchev–Trinajstić information content (AvgIpc) is 2.74. The monoisotopic (exact) mass is 277 g/mol. The second-order valence-electron chi connectivity index (χ2n) is 2.36. The number of rotatable bonds is 3. The summed E-state index contributed by atoms with van der Waals surface area (Å²) >= 11 is 6.99. The minimum absolute atomic E-state index is 0.0644. The summed E-state index contributed by atoms with van der Waals surface area (Å²) in [7, 11) is 0. The number of hydrogen-bond acceptors (Lipinski definition) is 7. The number of amidine groups is 1. The third-order valence-corrected chi connectivity index (χ3v) is 3.37. The summed E-state index contributed by atoms with van der Waals surface area (Å²) in [6.45, 7) is 0. The van der Waals surface area contributed by atoms with Crippen molar-refractivity contribution in [1.82, 2.24) is 10.4 Å². The molecule has 0 aliphatic rings. The van der Waals surface area contributed by atoms with Gasteiger partial charge in [-0.3, -0.25) is 15.5 Å². The molecule has 1 aromatic rings. The predicted molar refractivity (Wildman–Crippen MR) is 68.7 cm³/mol. The van der Waals surface area contributed by atoms with Gasteiger partial charge in [-0.15, -0.1) is 0 Å². The zero-order chi connectivity index (χ0) is 12.1. The highest BCUT2D eigenvalue weighted by atomic mass is 32.2. The number of nitrogens with zero attached hydrogens (tertiary/aromatic N) is 3. The molecule has 1 heterocycles. The summed E-state index contributed by atoms with van der Waals surface area (Å²) < 4.78 is 0.453. The molecule has 0 aliphatic heterocycles. The number of thiocarbonyl (C=S) groups is 1. The Morgan fingerprint density at radius 3 is 3.06 bits per heavy atom. The van der Waals surface area contributed by atoms with Crippen molar-refractivity contribution in [3.8, 4) is 0 Å². The third kappa shape index (κ3) is 3.40. The van der Waals surface area contributed by atoms with Crippen LogP contribution >= 0.6 is 35.3 Å². The minimum Gasteiger partial charge on any atom is -0.380 e. The Balaban J connectivity index is 2.75. The number of hydrazone groups is 1. The van der Waals surface area contributed by atoms with Gasteiger partial charge in [0.05, 0.1) is 4.92 Å². The molecule has 0 amide bonds. The summed E-state index contributed by atoms with van der Waals surface area (Å²) in [6.07, 6.45) is 2.92. The van der Waals surface area contributed by atoms with Gasteiger partial charge in [0.1, 0.15) is 6.20 Å². The van der Waals surface area contributed by atoms with E-state index in [4.69, 9.17) is 18.0 Å². The van der Waals surface area contributed by atoms with Gasteiger partial charge in [-0.2, -0.15) is 5.10 Å². The van der Waals surface area contributed by atoms with Crippen LogP contribution in [0.2, 0.25) is 0 Å². The van der Waals surface area contributed by atoms with Crippen LogP contribution < -0.4 is 11.2 Å². The van der Waals surface area contributed by atoms with Crippen molar-refractivity contribution >= 4 is 50.5 Å². The molecule has 0 atom stereocenters. The number of hydrogen-bond donors (Lipinski definition) is 2. The lowest BCUT2D eigenvalue weighted by atomic mass is 10.6. The highest BCUT2D eigenvalue weighted by Crippen LogP contribution is 2.20. The van der Waals surface area contributed by atoms with Crippen molar-refractivity contribution in [3.63, 3.8) is 0 Å². The van der Waals surface area contributed by atoms with Gasteiger partial charge in [0.2, 0.25) is 0 Å². The summed E-state index contributed by atoms with van der Waals surface area (Å²) in [5, 5.41) is 14.3. The molecule has 0 bridgehead atoms. The molecular weight excluding hydrogens is 270 g/mol. The number of nitrogens with one attached hydrogen (secondary N) is 1. The summed E-state index contributed by atoms with van der Waals surface area (Å²) in [4.78, 5) is 13.6. The fourth-order valence-electron chi connectivity index (χ4n) is 0.668. The Kier molecular flexibility index (Phi) is 4.58. The van der Waals surface area contributed by atoms with Crippen molar-refractivity contribution in [2.24, 2.45) is 10.8 Å². The minimum atomic E-state index is -0.533. The summed E-state index contributed by atoms with van der Waals surface area (Å²) in [5.41, 5.74) is 8.08. The second-order valence-corrected chi connectivity index (χ2v) is 4.85. The molecule has 86 valence electrons. The largest absolute Gasteiger partial charge is 0.380 e. The predicted octanol–water partition coefficient (Wildman–Crippen LogP) is 0.909. The molecule has 0 aromatic carbocycles. The zero-order valence-corrected chi connectivity index (χ0v) is 10.5. The van der Waals surface area contributed by atoms with Crippen LogP contribution in [-0.2, 0) is 0 Å². The van der Waals surface area contributed by atoms with Crippen LogP contribution in [0.3, 0.4) is 0 Å². The fraction of sp³-hybridized carbons (Fsp3) is 0.167. The van der Waals surface area contributed by atoms with Gasteiger partial charge in [0, 0.05) is 0 Å². The first-order chi connectivity index (χ1) is 7.54. The number of thioether (sulfide) groups is 1. The third-order valence-electron chi connectivity index (χ3n) is 1.35. The van der Waals surface area contributed by atoms with Gasteiger partial charge in [0.15, 0.2) is 15.2 Å². The Labute approximate surface area is 104 Å². The second kappa shape index (κ2) is 5.72. The van der Waals surface area contributed by atoms with E-state index in [0.29, 0.717) is 4.32 Å². The van der Waals surface area contributed by atoms with E-state index in [0.717, 1.165) is 17.5 Å². The molecule has 0 unspecified atom stereocenters. The van der Waals surface area contributed by atoms with E-state index in [-0.39, 0.29) is 15.8 Å². The van der Waals surface area contributed by atoms with E-state index in [9.17, 15) is 10.1 Å². The molecule has 3 N–H and O–H groups in total. The van der Waals surface area contributed by atoms with E-state index in [1.54, 1.807) is 6.26 Å². The fourth-order valence-corrected chi connectivity index (χ4v) is 1.48. The van der Waals surface area contributed by atoms with Crippen LogP contribution in [-0.4, -0.2) is 26.3 Å². The van der Waals surface area contributed by atoms with Gasteiger partial charge in [-0.1, -0.05) is 24.0 Å². The summed E-state index contributed by atoms with van der Waals surface area (Å²) in [5.74, 6) is 0.0644. The van der Waals surface area contributed by atoms with Crippen molar-refractivity contribution in [3.05, 3.63) is 21.3 Å². The molecule has 7 nitrogen and oxygen atoms in total. The molecule has 10 heteroatoms. The zero-order valence-electron chi connectivity index (χ0n) is 8.04. The molecule has 1 rings (SSSR count). The lowest BCUT2D eigenvalue weighted by Gasteiger charge is -1.98. The van der Waals surface area contributed by atoms with Crippen LogP contribution in [0.25, 0.3) is 0 Å². The highest BCUT2D eigenvalue weighted by molar-refractivity contribution is 8.22. The maximum atomic E-state index is 10.4. The lowest BCUT2D eigenvalue weighted by molar-refractivity contribution is -0.380. The van der Waals surface area contributed by atoms with Crippen LogP contribution in [0, 0.1) is 10.1 Å². The number of nitrogens with two attached hydrogens (primary N) is 1. The van der Waals surface area contributed by atoms with Gasteiger partial charge < -0.3 is 5.73 Å². The molecule has 16 heavy (non-hydrogen) atoms. The van der Waals surface area contributed by atoms with Gasteiger partial charge in [0.25, 0.3) is 0 Å². The standard InChI is InChI=1S/C6H7N5O2S3/c1-15-6(14)10-9-4(7)5-8-2-3(16-5)11(12)13/h2H,1H3,(H2,7,9)(H,10,14). The number of thiazole rings is 1. The first kappa shape index (κ1) is 12.8. The Morgan fingerprint density at radius 1 is 1.88 bits per heavy atom. The average molecular weight is 277 g/mol. The molecule has 0 spiro atoms. The van der Waals surface area contributed by atoms with E-state index in [1.807, 2.05) is 0 Å². The lowest BCUT2D eigenvalue weighted by Crippen LogP contribution is -2.20. The maximum Gasteiger partial charge on any atom is 0.344 e. The molecule has 0 radical (unpaired) electrons.